The molecule has 18 heavy (non-hydrogen) atoms. The number of ether oxygens (including phenoxy) is 1. The maximum atomic E-state index is 8.90. The maximum absolute atomic E-state index is 8.90. The molecule has 0 amide bonds. The van der Waals surface area contributed by atoms with Crippen LogP contribution in [0.15, 0.2) is 42.7 Å². The van der Waals surface area contributed by atoms with Crippen LogP contribution in [0.25, 0.3) is 0 Å². The third-order valence-electron chi connectivity index (χ3n) is 2.95. The summed E-state index contributed by atoms with van der Waals surface area (Å²) in [5, 5.41) is 12.3. The molecule has 0 saturated carbocycles. The number of benzene rings is 1. The molecule has 1 aliphatic rings. The van der Waals surface area contributed by atoms with Gasteiger partial charge in [-0.05, 0) is 35.9 Å². The summed E-state index contributed by atoms with van der Waals surface area (Å²) in [6, 6.07) is 11.5. The van der Waals surface area contributed by atoms with Crippen LogP contribution < -0.4 is 10.1 Å². The molecule has 1 aromatic heterocycles. The van der Waals surface area contributed by atoms with E-state index in [2.05, 4.69) is 16.4 Å². The Morgan fingerprint density at radius 3 is 2.89 bits per heavy atom. The Morgan fingerprint density at radius 2 is 2.11 bits per heavy atom. The SMILES string of the molecule is N#Cc1ccc2c(c1)NC(c1ccncc1)CO2. The van der Waals surface area contributed by atoms with Crippen LogP contribution in [-0.2, 0) is 0 Å². The molecule has 0 saturated heterocycles. The van der Waals surface area contributed by atoms with Gasteiger partial charge in [0.2, 0.25) is 0 Å². The van der Waals surface area contributed by atoms with Crippen molar-refractivity contribution in [3.8, 4) is 11.8 Å². The van der Waals surface area contributed by atoms with Crippen molar-refractivity contribution in [1.29, 1.82) is 5.26 Å². The summed E-state index contributed by atoms with van der Waals surface area (Å²) >= 11 is 0. The Kier molecular flexibility index (Phi) is 2.58. The van der Waals surface area contributed by atoms with Gasteiger partial charge in [-0.2, -0.15) is 5.26 Å². The van der Waals surface area contributed by atoms with Crippen molar-refractivity contribution in [2.75, 3.05) is 11.9 Å². The zero-order chi connectivity index (χ0) is 12.4. The molecule has 0 radical (unpaired) electrons. The van der Waals surface area contributed by atoms with Crippen LogP contribution in [0, 0.1) is 11.3 Å². The fourth-order valence-electron chi connectivity index (χ4n) is 2.02. The number of hydrogen-bond acceptors (Lipinski definition) is 4. The standard InChI is InChI=1S/C14H11N3O/c15-8-10-1-2-14-12(7-10)17-13(9-18-14)11-3-5-16-6-4-11/h1-7,13,17H,9H2. The van der Waals surface area contributed by atoms with Crippen LogP contribution in [0.4, 0.5) is 5.69 Å². The van der Waals surface area contributed by atoms with Gasteiger partial charge in [0.25, 0.3) is 0 Å². The van der Waals surface area contributed by atoms with Crippen molar-refractivity contribution in [1.82, 2.24) is 4.98 Å². The Balaban J connectivity index is 1.91. The Bertz CT molecular complexity index is 604. The summed E-state index contributed by atoms with van der Waals surface area (Å²) in [5.41, 5.74) is 2.61. The first-order valence-electron chi connectivity index (χ1n) is 5.70. The zero-order valence-corrected chi connectivity index (χ0v) is 9.63. The van der Waals surface area contributed by atoms with Crippen LogP contribution in [0.1, 0.15) is 17.2 Å². The molecule has 88 valence electrons. The predicted molar refractivity (Wildman–Crippen MR) is 67.3 cm³/mol. The molecule has 1 aromatic carbocycles. The van der Waals surface area contributed by atoms with Gasteiger partial charge in [0.1, 0.15) is 12.4 Å². The number of nitrogens with zero attached hydrogens (tertiary/aromatic N) is 2. The molecule has 4 heteroatoms. The van der Waals surface area contributed by atoms with E-state index in [0.717, 1.165) is 17.0 Å². The molecule has 4 nitrogen and oxygen atoms in total. The van der Waals surface area contributed by atoms with Crippen LogP contribution in [0.2, 0.25) is 0 Å². The molecule has 0 aliphatic carbocycles. The molecule has 3 rings (SSSR count). The average molecular weight is 237 g/mol. The predicted octanol–water partition coefficient (Wildman–Crippen LogP) is 2.50. The minimum atomic E-state index is 0.0921. The quantitative estimate of drug-likeness (QED) is 0.827. The number of rotatable bonds is 1. The number of fused-ring (bicyclic) bond motifs is 1. The minimum Gasteiger partial charge on any atom is -0.489 e. The van der Waals surface area contributed by atoms with Crippen LogP contribution in [0.3, 0.4) is 0 Å². The maximum Gasteiger partial charge on any atom is 0.142 e. The number of nitrogens with one attached hydrogen (secondary N) is 1. The number of hydrogen-bond donors (Lipinski definition) is 1. The molecular formula is C14H11N3O. The van der Waals surface area contributed by atoms with Gasteiger partial charge in [-0.25, -0.2) is 0 Å². The zero-order valence-electron chi connectivity index (χ0n) is 9.63. The molecule has 2 heterocycles. The first-order valence-corrected chi connectivity index (χ1v) is 5.70. The van der Waals surface area contributed by atoms with Gasteiger partial charge in [-0.15, -0.1) is 0 Å². The Labute approximate surface area is 105 Å². The van der Waals surface area contributed by atoms with Crippen LogP contribution in [-0.4, -0.2) is 11.6 Å². The second-order valence-electron chi connectivity index (χ2n) is 4.11. The molecule has 1 N–H and O–H groups in total. The summed E-state index contributed by atoms with van der Waals surface area (Å²) in [5.74, 6) is 0.791. The van der Waals surface area contributed by atoms with Crippen molar-refractivity contribution < 1.29 is 4.74 Å². The van der Waals surface area contributed by atoms with Gasteiger partial charge >= 0.3 is 0 Å². The third kappa shape index (κ3) is 1.87. The van der Waals surface area contributed by atoms with E-state index in [1.54, 1.807) is 18.5 Å². The lowest BCUT2D eigenvalue weighted by molar-refractivity contribution is 0.286. The van der Waals surface area contributed by atoms with Gasteiger partial charge in [-0.3, -0.25) is 4.98 Å². The smallest absolute Gasteiger partial charge is 0.142 e. The van der Waals surface area contributed by atoms with Crippen molar-refractivity contribution >= 4 is 5.69 Å². The topological polar surface area (TPSA) is 57.9 Å². The highest BCUT2D eigenvalue weighted by Gasteiger charge is 2.20. The lowest BCUT2D eigenvalue weighted by Crippen LogP contribution is -2.23. The van der Waals surface area contributed by atoms with Gasteiger partial charge in [0, 0.05) is 12.4 Å². The van der Waals surface area contributed by atoms with Crippen LogP contribution in [0.5, 0.6) is 5.75 Å². The average Bonchev–Trinajstić information content (AvgIpc) is 2.47. The first kappa shape index (κ1) is 10.6. The number of nitriles is 1. The summed E-state index contributed by atoms with van der Waals surface area (Å²) < 4.78 is 5.70. The van der Waals surface area contributed by atoms with E-state index in [1.165, 1.54) is 0 Å². The van der Waals surface area contributed by atoms with Crippen molar-refractivity contribution in [2.45, 2.75) is 6.04 Å². The molecular weight excluding hydrogens is 226 g/mol. The van der Waals surface area contributed by atoms with Gasteiger partial charge in [0.15, 0.2) is 0 Å². The molecule has 0 fully saturated rings. The van der Waals surface area contributed by atoms with E-state index in [-0.39, 0.29) is 6.04 Å². The van der Waals surface area contributed by atoms with Gasteiger partial charge in [0.05, 0.1) is 23.4 Å². The normalized spacial score (nSPS) is 16.9. The number of aromatic nitrogens is 1. The van der Waals surface area contributed by atoms with E-state index in [9.17, 15) is 0 Å². The van der Waals surface area contributed by atoms with Crippen molar-refractivity contribution in [2.24, 2.45) is 0 Å². The van der Waals surface area contributed by atoms with E-state index in [4.69, 9.17) is 10.00 Å². The summed E-state index contributed by atoms with van der Waals surface area (Å²) in [6.45, 7) is 0.572. The largest absolute Gasteiger partial charge is 0.489 e. The van der Waals surface area contributed by atoms with E-state index in [1.807, 2.05) is 24.3 Å². The molecule has 0 bridgehead atoms. The molecule has 1 aliphatic heterocycles. The molecule has 1 unspecified atom stereocenters. The number of anilines is 1. The monoisotopic (exact) mass is 237 g/mol. The molecule has 1 atom stereocenters. The summed E-state index contributed by atoms with van der Waals surface area (Å²) in [4.78, 5) is 4.00. The van der Waals surface area contributed by atoms with Gasteiger partial charge < -0.3 is 10.1 Å². The number of pyridine rings is 1. The second kappa shape index (κ2) is 4.38. The van der Waals surface area contributed by atoms with E-state index in [0.29, 0.717) is 12.2 Å². The van der Waals surface area contributed by atoms with Crippen molar-refractivity contribution in [3.05, 3.63) is 53.9 Å². The molecule has 0 spiro atoms. The lowest BCUT2D eigenvalue weighted by atomic mass is 10.1. The third-order valence-corrected chi connectivity index (χ3v) is 2.95. The van der Waals surface area contributed by atoms with Crippen LogP contribution >= 0.6 is 0 Å². The van der Waals surface area contributed by atoms with E-state index >= 15 is 0 Å². The second-order valence-corrected chi connectivity index (χ2v) is 4.11. The molecule has 2 aromatic rings. The lowest BCUT2D eigenvalue weighted by Gasteiger charge is -2.27. The highest BCUT2D eigenvalue weighted by atomic mass is 16.5. The first-order chi connectivity index (χ1) is 8.86. The fraction of sp³-hybridized carbons (Fsp3) is 0.143. The fourth-order valence-corrected chi connectivity index (χ4v) is 2.02. The van der Waals surface area contributed by atoms with E-state index < -0.39 is 0 Å². The summed E-state index contributed by atoms with van der Waals surface area (Å²) in [7, 11) is 0. The summed E-state index contributed by atoms with van der Waals surface area (Å²) in [6.07, 6.45) is 3.52. The minimum absolute atomic E-state index is 0.0921. The Morgan fingerprint density at radius 1 is 1.28 bits per heavy atom. The Hall–Kier alpha value is -2.54. The highest BCUT2D eigenvalue weighted by molar-refractivity contribution is 5.62. The highest BCUT2D eigenvalue weighted by Crippen LogP contribution is 2.34. The van der Waals surface area contributed by atoms with Gasteiger partial charge in [-0.1, -0.05) is 0 Å². The van der Waals surface area contributed by atoms with Crippen molar-refractivity contribution in [3.63, 3.8) is 0 Å².